The summed E-state index contributed by atoms with van der Waals surface area (Å²) in [5.41, 5.74) is 1.49. The van der Waals surface area contributed by atoms with E-state index in [4.69, 9.17) is 0 Å². The van der Waals surface area contributed by atoms with Crippen molar-refractivity contribution < 1.29 is 0 Å². The van der Waals surface area contributed by atoms with E-state index in [2.05, 4.69) is 42.2 Å². The number of nitrogens with zero attached hydrogens (tertiary/aromatic N) is 1. The summed E-state index contributed by atoms with van der Waals surface area (Å²) in [4.78, 5) is 2.81. The van der Waals surface area contributed by atoms with Crippen molar-refractivity contribution in [3.8, 4) is 0 Å². The van der Waals surface area contributed by atoms with Crippen LogP contribution in [0.25, 0.3) is 0 Å². The fourth-order valence-corrected chi connectivity index (χ4v) is 3.53. The van der Waals surface area contributed by atoms with Gasteiger partial charge in [-0.05, 0) is 56.4 Å². The first-order valence-electron chi connectivity index (χ1n) is 8.59. The summed E-state index contributed by atoms with van der Waals surface area (Å²) in [6.45, 7) is 5.14. The van der Waals surface area contributed by atoms with Crippen LogP contribution in [-0.2, 0) is 6.42 Å². The molecule has 20 heavy (non-hydrogen) atoms. The molecule has 2 aliphatic carbocycles. The molecule has 0 amide bonds. The second-order valence-electron chi connectivity index (χ2n) is 7.09. The third-order valence-electron chi connectivity index (χ3n) is 5.43. The minimum Gasteiger partial charge on any atom is -0.300 e. The maximum Gasteiger partial charge on any atom is 0.0108 e. The van der Waals surface area contributed by atoms with Gasteiger partial charge in [0.1, 0.15) is 0 Å². The topological polar surface area (TPSA) is 3.24 Å². The zero-order valence-electron chi connectivity index (χ0n) is 12.9. The molecule has 1 atom stereocenters. The molecule has 0 aliphatic heterocycles. The van der Waals surface area contributed by atoms with Crippen LogP contribution in [0, 0.1) is 11.8 Å². The zero-order valence-corrected chi connectivity index (χ0v) is 12.9. The average Bonchev–Trinajstić information content (AvgIpc) is 2.35. The van der Waals surface area contributed by atoms with Crippen molar-refractivity contribution in [2.24, 2.45) is 11.8 Å². The predicted molar refractivity (Wildman–Crippen MR) is 85.9 cm³/mol. The Labute approximate surface area is 124 Å². The Kier molecular flexibility index (Phi) is 4.77. The molecule has 2 aliphatic rings. The number of benzene rings is 1. The highest BCUT2D eigenvalue weighted by atomic mass is 15.2. The largest absolute Gasteiger partial charge is 0.300 e. The highest BCUT2D eigenvalue weighted by Crippen LogP contribution is 2.31. The van der Waals surface area contributed by atoms with Gasteiger partial charge in [-0.2, -0.15) is 0 Å². The Morgan fingerprint density at radius 3 is 1.95 bits per heavy atom. The Morgan fingerprint density at radius 1 is 0.950 bits per heavy atom. The summed E-state index contributed by atoms with van der Waals surface area (Å²) in [6.07, 6.45) is 10.0. The number of hydrogen-bond donors (Lipinski definition) is 0. The van der Waals surface area contributed by atoms with E-state index in [-0.39, 0.29) is 0 Å². The SMILES string of the molecule is CC(Cc1ccccc1)N(CC1CCC1)CC1CCC1. The van der Waals surface area contributed by atoms with Crippen molar-refractivity contribution in [3.63, 3.8) is 0 Å². The first-order valence-corrected chi connectivity index (χ1v) is 8.59. The van der Waals surface area contributed by atoms with E-state index >= 15 is 0 Å². The van der Waals surface area contributed by atoms with Crippen molar-refractivity contribution in [1.29, 1.82) is 0 Å². The molecule has 1 nitrogen and oxygen atoms in total. The van der Waals surface area contributed by atoms with E-state index in [9.17, 15) is 0 Å². The van der Waals surface area contributed by atoms with Gasteiger partial charge in [-0.1, -0.05) is 43.2 Å². The van der Waals surface area contributed by atoms with Crippen LogP contribution in [0.1, 0.15) is 51.0 Å². The molecule has 1 aromatic rings. The van der Waals surface area contributed by atoms with Crippen molar-refractivity contribution in [2.75, 3.05) is 13.1 Å². The molecule has 0 radical (unpaired) electrons. The Morgan fingerprint density at radius 2 is 1.50 bits per heavy atom. The quantitative estimate of drug-likeness (QED) is 0.705. The van der Waals surface area contributed by atoms with Crippen LogP contribution in [0.4, 0.5) is 0 Å². The van der Waals surface area contributed by atoms with Crippen molar-refractivity contribution in [2.45, 2.75) is 57.9 Å². The van der Waals surface area contributed by atoms with Gasteiger partial charge in [0.25, 0.3) is 0 Å². The summed E-state index contributed by atoms with van der Waals surface area (Å²) in [5, 5.41) is 0. The van der Waals surface area contributed by atoms with Gasteiger partial charge in [-0.3, -0.25) is 4.90 Å². The van der Waals surface area contributed by atoms with Crippen LogP contribution >= 0.6 is 0 Å². The molecule has 1 aromatic carbocycles. The van der Waals surface area contributed by atoms with E-state index in [0.717, 1.165) is 11.8 Å². The average molecular weight is 271 g/mol. The van der Waals surface area contributed by atoms with Crippen LogP contribution in [0.2, 0.25) is 0 Å². The number of hydrogen-bond acceptors (Lipinski definition) is 1. The number of rotatable bonds is 7. The normalized spacial score (nSPS) is 21.5. The minimum atomic E-state index is 0.693. The maximum atomic E-state index is 2.81. The van der Waals surface area contributed by atoms with Gasteiger partial charge in [0.15, 0.2) is 0 Å². The van der Waals surface area contributed by atoms with Crippen LogP contribution < -0.4 is 0 Å². The highest BCUT2D eigenvalue weighted by Gasteiger charge is 2.27. The lowest BCUT2D eigenvalue weighted by molar-refractivity contribution is 0.0984. The first kappa shape index (κ1) is 14.1. The lowest BCUT2D eigenvalue weighted by Gasteiger charge is -2.40. The molecular weight excluding hydrogens is 242 g/mol. The molecule has 2 fully saturated rings. The lowest BCUT2D eigenvalue weighted by atomic mass is 9.82. The molecule has 0 N–H and O–H groups in total. The molecule has 2 saturated carbocycles. The molecule has 3 rings (SSSR count). The van der Waals surface area contributed by atoms with E-state index < -0.39 is 0 Å². The monoisotopic (exact) mass is 271 g/mol. The molecule has 0 heterocycles. The second-order valence-corrected chi connectivity index (χ2v) is 7.09. The van der Waals surface area contributed by atoms with Crippen molar-refractivity contribution in [3.05, 3.63) is 35.9 Å². The fraction of sp³-hybridized carbons (Fsp3) is 0.684. The third-order valence-corrected chi connectivity index (χ3v) is 5.43. The van der Waals surface area contributed by atoms with Crippen LogP contribution in [0.5, 0.6) is 0 Å². The molecule has 0 spiro atoms. The molecule has 0 aromatic heterocycles. The third kappa shape index (κ3) is 3.63. The van der Waals surface area contributed by atoms with Gasteiger partial charge in [0.05, 0.1) is 0 Å². The Hall–Kier alpha value is -0.820. The smallest absolute Gasteiger partial charge is 0.0108 e. The summed E-state index contributed by atoms with van der Waals surface area (Å²) < 4.78 is 0. The van der Waals surface area contributed by atoms with Crippen molar-refractivity contribution in [1.82, 2.24) is 4.90 Å². The van der Waals surface area contributed by atoms with Gasteiger partial charge in [0, 0.05) is 19.1 Å². The molecule has 110 valence electrons. The van der Waals surface area contributed by atoms with Crippen LogP contribution in [-0.4, -0.2) is 24.0 Å². The van der Waals surface area contributed by atoms with E-state index in [1.54, 1.807) is 0 Å². The summed E-state index contributed by atoms with van der Waals surface area (Å²) in [6, 6.07) is 11.7. The molecule has 0 bridgehead atoms. The molecule has 1 heteroatoms. The van der Waals surface area contributed by atoms with E-state index in [1.165, 1.54) is 63.6 Å². The first-order chi connectivity index (χ1) is 9.81. The zero-order chi connectivity index (χ0) is 13.8. The molecule has 1 unspecified atom stereocenters. The van der Waals surface area contributed by atoms with E-state index in [0.29, 0.717) is 6.04 Å². The lowest BCUT2D eigenvalue weighted by Crippen LogP contribution is -2.43. The highest BCUT2D eigenvalue weighted by molar-refractivity contribution is 5.15. The van der Waals surface area contributed by atoms with Gasteiger partial charge in [0.2, 0.25) is 0 Å². The van der Waals surface area contributed by atoms with Gasteiger partial charge in [-0.15, -0.1) is 0 Å². The van der Waals surface area contributed by atoms with Gasteiger partial charge in [-0.25, -0.2) is 0 Å². The van der Waals surface area contributed by atoms with Gasteiger partial charge >= 0.3 is 0 Å². The molecular formula is C19H29N. The minimum absolute atomic E-state index is 0.693. The Bertz CT molecular complexity index is 375. The van der Waals surface area contributed by atoms with Gasteiger partial charge < -0.3 is 0 Å². The standard InChI is InChI=1S/C19H29N/c1-16(13-17-7-3-2-4-8-17)20(14-18-9-5-10-18)15-19-11-6-12-19/h2-4,7-8,16,18-19H,5-6,9-15H2,1H3. The summed E-state index contributed by atoms with van der Waals surface area (Å²) in [7, 11) is 0. The predicted octanol–water partition coefficient (Wildman–Crippen LogP) is 4.52. The second kappa shape index (κ2) is 6.76. The van der Waals surface area contributed by atoms with Crippen molar-refractivity contribution >= 4 is 0 Å². The maximum absolute atomic E-state index is 2.81. The molecule has 0 saturated heterocycles. The summed E-state index contributed by atoms with van der Waals surface area (Å²) in [5.74, 6) is 1.99. The summed E-state index contributed by atoms with van der Waals surface area (Å²) >= 11 is 0. The van der Waals surface area contributed by atoms with E-state index in [1.807, 2.05) is 0 Å². The fourth-order valence-electron chi connectivity index (χ4n) is 3.53. The Balaban J connectivity index is 1.57. The van der Waals surface area contributed by atoms with Crippen LogP contribution in [0.15, 0.2) is 30.3 Å². The van der Waals surface area contributed by atoms with Crippen LogP contribution in [0.3, 0.4) is 0 Å².